The number of benzene rings is 1. The molecule has 3 aromatic rings. The summed E-state index contributed by atoms with van der Waals surface area (Å²) in [6.07, 6.45) is 2.79. The molecule has 0 spiro atoms. The maximum atomic E-state index is 13.4. The van der Waals surface area contributed by atoms with Crippen LogP contribution in [-0.4, -0.2) is 61.7 Å². The molecule has 29 heavy (non-hydrogen) atoms. The van der Waals surface area contributed by atoms with Gasteiger partial charge in [-0.2, -0.15) is 0 Å². The van der Waals surface area contributed by atoms with Gasteiger partial charge in [-0.25, -0.2) is 14.4 Å². The van der Waals surface area contributed by atoms with Crippen molar-refractivity contribution < 1.29 is 14.7 Å². The van der Waals surface area contributed by atoms with E-state index in [1.54, 1.807) is 12.3 Å². The zero-order chi connectivity index (χ0) is 20.4. The monoisotopic (exact) mass is 418 g/mol. The summed E-state index contributed by atoms with van der Waals surface area (Å²) in [5.41, 5.74) is 2.16. The van der Waals surface area contributed by atoms with Crippen molar-refractivity contribution in [2.75, 3.05) is 25.0 Å². The smallest absolute Gasteiger partial charge is 0.179 e. The third-order valence-electron chi connectivity index (χ3n) is 4.89. The number of nitrogens with one attached hydrogen (secondary N) is 2. The van der Waals surface area contributed by atoms with Crippen LogP contribution >= 0.6 is 11.6 Å². The molecule has 1 saturated heterocycles. The van der Waals surface area contributed by atoms with Gasteiger partial charge in [0.15, 0.2) is 11.5 Å². The van der Waals surface area contributed by atoms with Gasteiger partial charge in [-0.3, -0.25) is 0 Å². The van der Waals surface area contributed by atoms with Crippen molar-refractivity contribution in [2.45, 2.75) is 18.9 Å². The number of aromatic amines is 1. The third kappa shape index (κ3) is 4.31. The summed E-state index contributed by atoms with van der Waals surface area (Å²) < 4.78 is 13.4. The van der Waals surface area contributed by atoms with Crippen molar-refractivity contribution in [2.24, 2.45) is 5.16 Å². The fraction of sp³-hybridized carbons (Fsp3) is 0.316. The quantitative estimate of drug-likeness (QED) is 0.219. The molecule has 1 fully saturated rings. The van der Waals surface area contributed by atoms with Gasteiger partial charge in [0.1, 0.15) is 11.6 Å². The van der Waals surface area contributed by atoms with E-state index in [1.807, 2.05) is 0 Å². The molecular formula is C19H20ClFN6O2. The van der Waals surface area contributed by atoms with Crippen LogP contribution in [0.1, 0.15) is 17.8 Å². The number of pyridine rings is 1. The van der Waals surface area contributed by atoms with Crippen LogP contribution in [0.15, 0.2) is 35.6 Å². The topological polar surface area (TPSA) is 110 Å². The van der Waals surface area contributed by atoms with Crippen molar-refractivity contribution in [3.8, 4) is 0 Å². The average Bonchev–Trinajstić information content (AvgIpc) is 3.32. The second-order valence-electron chi connectivity index (χ2n) is 6.94. The van der Waals surface area contributed by atoms with E-state index in [4.69, 9.17) is 11.6 Å². The average molecular weight is 419 g/mol. The largest absolute Gasteiger partial charge is 0.409 e. The number of H-pyrrole nitrogens is 1. The van der Waals surface area contributed by atoms with E-state index in [2.05, 4.69) is 30.3 Å². The minimum atomic E-state index is -0.533. The van der Waals surface area contributed by atoms with Crippen LogP contribution in [0.4, 0.5) is 10.1 Å². The van der Waals surface area contributed by atoms with Gasteiger partial charge in [0.25, 0.3) is 0 Å². The Morgan fingerprint density at radius 1 is 1.41 bits per heavy atom. The highest BCUT2D eigenvalue weighted by Crippen LogP contribution is 2.22. The summed E-state index contributed by atoms with van der Waals surface area (Å²) in [6.45, 7) is 2.32. The molecule has 1 aliphatic rings. The summed E-state index contributed by atoms with van der Waals surface area (Å²) in [5.74, 6) is 0.371. The number of aliphatic hydroxyl groups excluding tert-OH is 1. The van der Waals surface area contributed by atoms with Crippen LogP contribution in [0.2, 0.25) is 5.02 Å². The molecule has 10 heteroatoms. The fourth-order valence-corrected chi connectivity index (χ4v) is 3.59. The van der Waals surface area contributed by atoms with Crippen LogP contribution < -0.4 is 5.32 Å². The van der Waals surface area contributed by atoms with Crippen molar-refractivity contribution in [3.05, 3.63) is 52.7 Å². The van der Waals surface area contributed by atoms with Gasteiger partial charge < -0.3 is 25.5 Å². The van der Waals surface area contributed by atoms with Gasteiger partial charge >= 0.3 is 0 Å². The number of likely N-dealkylation sites (tertiary alicyclic amines) is 1. The molecule has 0 aliphatic carbocycles. The number of aromatic nitrogens is 3. The van der Waals surface area contributed by atoms with Crippen LogP contribution in [0.25, 0.3) is 11.2 Å². The van der Waals surface area contributed by atoms with Gasteiger partial charge in [-0.05, 0) is 30.7 Å². The van der Waals surface area contributed by atoms with Gasteiger partial charge in [0.05, 0.1) is 16.6 Å². The zero-order valence-corrected chi connectivity index (χ0v) is 16.2. The lowest BCUT2D eigenvalue weighted by Gasteiger charge is -2.13. The first-order valence-electron chi connectivity index (χ1n) is 9.22. The maximum absolute atomic E-state index is 13.4. The first-order valence-corrected chi connectivity index (χ1v) is 9.60. The number of fused-ring (bicyclic) bond motifs is 1. The Labute approximate surface area is 171 Å². The molecule has 1 aromatic carbocycles. The fourth-order valence-electron chi connectivity index (χ4n) is 3.41. The predicted octanol–water partition coefficient (Wildman–Crippen LogP) is 2.61. The second kappa shape index (κ2) is 8.32. The van der Waals surface area contributed by atoms with Gasteiger partial charge in [-0.15, -0.1) is 0 Å². The highest BCUT2D eigenvalue weighted by atomic mass is 35.5. The predicted molar refractivity (Wildman–Crippen MR) is 108 cm³/mol. The van der Waals surface area contributed by atoms with E-state index in [1.165, 1.54) is 18.2 Å². The van der Waals surface area contributed by atoms with E-state index in [0.717, 1.165) is 25.3 Å². The summed E-state index contributed by atoms with van der Waals surface area (Å²) >= 11 is 5.82. The van der Waals surface area contributed by atoms with Gasteiger partial charge in [0, 0.05) is 43.5 Å². The molecule has 0 saturated carbocycles. The minimum Gasteiger partial charge on any atom is -0.409 e. The molecule has 152 valence electrons. The molecule has 0 radical (unpaired) electrons. The van der Waals surface area contributed by atoms with E-state index in [9.17, 15) is 14.7 Å². The number of hydrogen-bond donors (Lipinski definition) is 4. The number of imidazole rings is 1. The third-order valence-corrected chi connectivity index (χ3v) is 5.18. The van der Waals surface area contributed by atoms with Crippen molar-refractivity contribution >= 4 is 34.3 Å². The first-order chi connectivity index (χ1) is 14.0. The van der Waals surface area contributed by atoms with E-state index in [-0.39, 0.29) is 17.0 Å². The molecule has 4 rings (SSSR count). The number of aliphatic hydroxyl groups is 1. The summed E-state index contributed by atoms with van der Waals surface area (Å²) in [6, 6.07) is 5.82. The Balaban J connectivity index is 1.55. The van der Waals surface area contributed by atoms with Crippen molar-refractivity contribution in [1.82, 2.24) is 19.9 Å². The van der Waals surface area contributed by atoms with Gasteiger partial charge in [0.2, 0.25) is 0 Å². The SMILES string of the molecule is ON=C(Nc1ccc(F)c(Cl)c1)c1ccnc2nc(CCN3CCC(O)C3)[nH]c12. The van der Waals surface area contributed by atoms with E-state index < -0.39 is 5.82 Å². The van der Waals surface area contributed by atoms with Crippen molar-refractivity contribution in [3.63, 3.8) is 0 Å². The molecule has 0 bridgehead atoms. The number of anilines is 1. The molecule has 0 amide bonds. The van der Waals surface area contributed by atoms with Crippen LogP contribution in [0.5, 0.6) is 0 Å². The lowest BCUT2D eigenvalue weighted by Crippen LogP contribution is -2.24. The number of β-amino-alcohol motifs (C(OH)–C–C–N with tert-alkyl or cyclic N) is 1. The molecule has 1 atom stereocenters. The van der Waals surface area contributed by atoms with E-state index in [0.29, 0.717) is 35.4 Å². The lowest BCUT2D eigenvalue weighted by molar-refractivity contribution is 0.176. The van der Waals surface area contributed by atoms with Crippen LogP contribution in [0, 0.1) is 5.82 Å². The number of hydrogen-bond acceptors (Lipinski definition) is 6. The Morgan fingerprint density at radius 3 is 3.00 bits per heavy atom. The lowest BCUT2D eigenvalue weighted by atomic mass is 10.2. The van der Waals surface area contributed by atoms with Crippen LogP contribution in [0.3, 0.4) is 0 Å². The normalized spacial score (nSPS) is 17.9. The summed E-state index contributed by atoms with van der Waals surface area (Å²) in [4.78, 5) is 14.2. The molecule has 1 aliphatic heterocycles. The van der Waals surface area contributed by atoms with E-state index >= 15 is 0 Å². The minimum absolute atomic E-state index is 0.0389. The molecular weight excluding hydrogens is 399 g/mol. The van der Waals surface area contributed by atoms with Crippen LogP contribution in [-0.2, 0) is 6.42 Å². The Bertz CT molecular complexity index is 1060. The zero-order valence-electron chi connectivity index (χ0n) is 15.4. The Kier molecular flexibility index (Phi) is 5.61. The first kappa shape index (κ1) is 19.6. The number of halogens is 2. The second-order valence-corrected chi connectivity index (χ2v) is 7.34. The molecule has 4 N–H and O–H groups in total. The Morgan fingerprint density at radius 2 is 2.28 bits per heavy atom. The summed E-state index contributed by atoms with van der Waals surface area (Å²) in [7, 11) is 0. The van der Waals surface area contributed by atoms with Crippen molar-refractivity contribution in [1.29, 1.82) is 0 Å². The number of nitrogens with zero attached hydrogens (tertiary/aromatic N) is 4. The number of rotatable bonds is 5. The molecule has 8 nitrogen and oxygen atoms in total. The molecule has 1 unspecified atom stereocenters. The maximum Gasteiger partial charge on any atom is 0.179 e. The summed E-state index contributed by atoms with van der Waals surface area (Å²) in [5, 5.41) is 25.4. The number of amidine groups is 1. The molecule has 3 heterocycles. The highest BCUT2D eigenvalue weighted by molar-refractivity contribution is 6.31. The molecule has 2 aromatic heterocycles. The number of oxime groups is 1. The standard InChI is InChI=1S/C19H20ClFN6O2/c20-14-9-11(1-2-15(14)21)23-18(26-29)13-3-6-22-19-17(13)24-16(25-19)5-8-27-7-4-12(28)10-27/h1-3,6,9,12,28-29H,4-5,7-8,10H2,(H,23,26)(H,22,24,25). The van der Waals surface area contributed by atoms with Gasteiger partial charge in [-0.1, -0.05) is 16.8 Å². The Hall–Kier alpha value is -2.75. The highest BCUT2D eigenvalue weighted by Gasteiger charge is 2.20.